The number of carbonyl (C=O) groups excluding carboxylic acids is 1. The lowest BCUT2D eigenvalue weighted by molar-refractivity contribution is -0.115. The lowest BCUT2D eigenvalue weighted by atomic mass is 10.1. The average molecular weight is 341 g/mol. The van der Waals surface area contributed by atoms with Crippen LogP contribution < -0.4 is 5.32 Å². The normalized spacial score (nSPS) is 10.8. The monoisotopic (exact) mass is 341 g/mol. The van der Waals surface area contributed by atoms with Crippen molar-refractivity contribution < 1.29 is 4.79 Å². The Kier molecular flexibility index (Phi) is 4.23. The van der Waals surface area contributed by atoms with Gasteiger partial charge in [0.05, 0.1) is 12.1 Å². The van der Waals surface area contributed by atoms with Crippen LogP contribution in [0.25, 0.3) is 16.8 Å². The molecule has 0 fully saturated rings. The molecule has 0 aliphatic heterocycles. The minimum Gasteiger partial charge on any atom is -0.326 e. The molecular weight excluding hydrogens is 322 g/mol. The van der Waals surface area contributed by atoms with Gasteiger partial charge in [0.25, 0.3) is 0 Å². The van der Waals surface area contributed by atoms with Gasteiger partial charge in [-0.25, -0.2) is 4.98 Å². The van der Waals surface area contributed by atoms with Gasteiger partial charge in [-0.15, -0.1) is 0 Å². The molecule has 4 rings (SSSR count). The zero-order chi connectivity index (χ0) is 17.9. The smallest absolute Gasteiger partial charge is 0.230 e. The summed E-state index contributed by atoms with van der Waals surface area (Å²) in [6, 6.07) is 22.0. The highest BCUT2D eigenvalue weighted by molar-refractivity contribution is 5.92. The van der Waals surface area contributed by atoms with Crippen LogP contribution in [0.3, 0.4) is 0 Å². The van der Waals surface area contributed by atoms with Gasteiger partial charge in [0, 0.05) is 18.1 Å². The molecule has 0 atom stereocenters. The number of carbonyl (C=O) groups is 1. The van der Waals surface area contributed by atoms with E-state index in [2.05, 4.69) is 22.4 Å². The molecule has 26 heavy (non-hydrogen) atoms. The fraction of sp³-hybridized carbons (Fsp3) is 0.0909. The highest BCUT2D eigenvalue weighted by Gasteiger charge is 2.09. The highest BCUT2D eigenvalue weighted by Crippen LogP contribution is 2.21. The van der Waals surface area contributed by atoms with Crippen molar-refractivity contribution in [2.45, 2.75) is 13.3 Å². The molecule has 0 unspecified atom stereocenters. The van der Waals surface area contributed by atoms with Gasteiger partial charge in [-0.05, 0) is 41.8 Å². The lowest BCUT2D eigenvalue weighted by Gasteiger charge is -2.06. The quantitative estimate of drug-likeness (QED) is 0.594. The van der Waals surface area contributed by atoms with Crippen molar-refractivity contribution in [3.8, 4) is 11.1 Å². The summed E-state index contributed by atoms with van der Waals surface area (Å²) in [7, 11) is 0. The van der Waals surface area contributed by atoms with E-state index in [1.165, 1.54) is 0 Å². The van der Waals surface area contributed by atoms with Crippen LogP contribution in [0.2, 0.25) is 0 Å². The van der Waals surface area contributed by atoms with Crippen molar-refractivity contribution in [2.24, 2.45) is 0 Å². The first-order valence-corrected chi connectivity index (χ1v) is 8.57. The Morgan fingerprint density at radius 3 is 2.42 bits per heavy atom. The Bertz CT molecular complexity index is 1050. The van der Waals surface area contributed by atoms with Crippen LogP contribution in [-0.4, -0.2) is 15.3 Å². The fourth-order valence-corrected chi connectivity index (χ4v) is 3.04. The molecule has 4 aromatic rings. The van der Waals surface area contributed by atoms with Crippen LogP contribution in [0.1, 0.15) is 11.3 Å². The number of aryl methyl sites for hydroxylation is 1. The highest BCUT2D eigenvalue weighted by atomic mass is 16.1. The Morgan fingerprint density at radius 1 is 0.962 bits per heavy atom. The van der Waals surface area contributed by atoms with Crippen LogP contribution >= 0.6 is 0 Å². The lowest BCUT2D eigenvalue weighted by Crippen LogP contribution is -2.14. The topological polar surface area (TPSA) is 46.4 Å². The van der Waals surface area contributed by atoms with Gasteiger partial charge in [0.2, 0.25) is 5.91 Å². The summed E-state index contributed by atoms with van der Waals surface area (Å²) < 4.78 is 1.95. The van der Waals surface area contributed by atoms with Gasteiger partial charge >= 0.3 is 0 Å². The molecule has 0 saturated heterocycles. The van der Waals surface area contributed by atoms with E-state index >= 15 is 0 Å². The first-order chi connectivity index (χ1) is 12.7. The number of benzene rings is 2. The maximum atomic E-state index is 12.3. The fourth-order valence-electron chi connectivity index (χ4n) is 3.04. The van der Waals surface area contributed by atoms with Gasteiger partial charge in [-0.3, -0.25) is 4.79 Å². The predicted octanol–water partition coefficient (Wildman–Crippen LogP) is 4.49. The summed E-state index contributed by atoms with van der Waals surface area (Å²) in [5.74, 6) is -0.0708. The number of anilines is 1. The second kappa shape index (κ2) is 6.84. The second-order valence-corrected chi connectivity index (χ2v) is 6.32. The van der Waals surface area contributed by atoms with Crippen molar-refractivity contribution in [2.75, 3.05) is 5.32 Å². The van der Waals surface area contributed by atoms with Gasteiger partial charge in [-0.2, -0.15) is 0 Å². The van der Waals surface area contributed by atoms with E-state index in [0.29, 0.717) is 0 Å². The number of hydrogen-bond acceptors (Lipinski definition) is 2. The molecule has 1 N–H and O–H groups in total. The summed E-state index contributed by atoms with van der Waals surface area (Å²) in [4.78, 5) is 16.9. The van der Waals surface area contributed by atoms with Crippen molar-refractivity contribution in [1.82, 2.24) is 9.38 Å². The number of nitrogens with zero attached hydrogens (tertiary/aromatic N) is 2. The molecule has 4 heteroatoms. The number of nitrogens with one attached hydrogen (secondary N) is 1. The number of pyridine rings is 1. The SMILES string of the molecule is Cc1cccn2cc(CC(=O)Nc3ccc(-c4ccccc4)cc3)nc12. The third kappa shape index (κ3) is 3.35. The van der Waals surface area contributed by atoms with E-state index in [-0.39, 0.29) is 12.3 Å². The first kappa shape index (κ1) is 16.1. The van der Waals surface area contributed by atoms with Gasteiger partial charge in [-0.1, -0.05) is 48.5 Å². The third-order valence-electron chi connectivity index (χ3n) is 4.35. The molecule has 0 saturated carbocycles. The molecule has 2 aromatic carbocycles. The van der Waals surface area contributed by atoms with Crippen LogP contribution in [0, 0.1) is 6.92 Å². The largest absolute Gasteiger partial charge is 0.326 e. The van der Waals surface area contributed by atoms with Crippen molar-refractivity contribution in [1.29, 1.82) is 0 Å². The van der Waals surface area contributed by atoms with E-state index in [1.54, 1.807) is 0 Å². The van der Waals surface area contributed by atoms with E-state index in [1.807, 2.05) is 78.3 Å². The van der Waals surface area contributed by atoms with Crippen LogP contribution in [0.4, 0.5) is 5.69 Å². The molecule has 128 valence electrons. The zero-order valence-corrected chi connectivity index (χ0v) is 14.5. The molecule has 4 nitrogen and oxygen atoms in total. The average Bonchev–Trinajstić information content (AvgIpc) is 3.07. The maximum absolute atomic E-state index is 12.3. The van der Waals surface area contributed by atoms with E-state index in [4.69, 9.17) is 0 Å². The number of hydrogen-bond donors (Lipinski definition) is 1. The number of imidazole rings is 1. The van der Waals surface area contributed by atoms with E-state index in [0.717, 1.165) is 33.7 Å². The molecule has 2 heterocycles. The van der Waals surface area contributed by atoms with Crippen LogP contribution in [0.5, 0.6) is 0 Å². The molecule has 0 aliphatic rings. The number of rotatable bonds is 4. The van der Waals surface area contributed by atoms with Gasteiger partial charge < -0.3 is 9.72 Å². The molecule has 0 spiro atoms. The summed E-state index contributed by atoms with van der Waals surface area (Å²) >= 11 is 0. The Hall–Kier alpha value is -3.40. The number of fused-ring (bicyclic) bond motifs is 1. The van der Waals surface area contributed by atoms with E-state index in [9.17, 15) is 4.79 Å². The second-order valence-electron chi connectivity index (χ2n) is 6.32. The van der Waals surface area contributed by atoms with E-state index < -0.39 is 0 Å². The molecule has 0 radical (unpaired) electrons. The summed E-state index contributed by atoms with van der Waals surface area (Å²) in [5, 5.41) is 2.94. The summed E-state index contributed by atoms with van der Waals surface area (Å²) in [6.07, 6.45) is 4.10. The predicted molar refractivity (Wildman–Crippen MR) is 104 cm³/mol. The van der Waals surface area contributed by atoms with Crippen LogP contribution in [0.15, 0.2) is 79.1 Å². The molecule has 2 aromatic heterocycles. The van der Waals surface area contributed by atoms with Gasteiger partial charge in [0.1, 0.15) is 5.65 Å². The van der Waals surface area contributed by atoms with Crippen LogP contribution in [-0.2, 0) is 11.2 Å². The minimum atomic E-state index is -0.0708. The summed E-state index contributed by atoms with van der Waals surface area (Å²) in [6.45, 7) is 2.01. The Labute approximate surface area is 152 Å². The minimum absolute atomic E-state index is 0.0708. The Morgan fingerprint density at radius 2 is 1.69 bits per heavy atom. The zero-order valence-electron chi connectivity index (χ0n) is 14.5. The summed E-state index contributed by atoms with van der Waals surface area (Å²) in [5.41, 5.74) is 5.82. The number of amides is 1. The Balaban J connectivity index is 1.45. The molecular formula is C22H19N3O. The standard InChI is InChI=1S/C22H19N3O/c1-16-6-5-13-25-15-20(24-22(16)25)14-21(26)23-19-11-9-18(10-12-19)17-7-3-2-4-8-17/h2-13,15H,14H2,1H3,(H,23,26). The maximum Gasteiger partial charge on any atom is 0.230 e. The number of aromatic nitrogens is 2. The van der Waals surface area contributed by atoms with Crippen molar-refractivity contribution in [3.63, 3.8) is 0 Å². The first-order valence-electron chi connectivity index (χ1n) is 8.57. The molecule has 0 bridgehead atoms. The van der Waals surface area contributed by atoms with Gasteiger partial charge in [0.15, 0.2) is 0 Å². The molecule has 0 aliphatic carbocycles. The van der Waals surface area contributed by atoms with Crippen molar-refractivity contribution >= 4 is 17.2 Å². The molecule has 1 amide bonds. The third-order valence-corrected chi connectivity index (χ3v) is 4.35. The van der Waals surface area contributed by atoms with Crippen molar-refractivity contribution in [3.05, 3.63) is 90.4 Å².